The van der Waals surface area contributed by atoms with Gasteiger partial charge < -0.3 is 9.30 Å². The van der Waals surface area contributed by atoms with Crippen LogP contribution in [0.15, 0.2) is 54.7 Å². The van der Waals surface area contributed by atoms with Crippen molar-refractivity contribution in [1.82, 2.24) is 4.57 Å². The van der Waals surface area contributed by atoms with E-state index in [2.05, 4.69) is 35.0 Å². The van der Waals surface area contributed by atoms with E-state index in [0.29, 0.717) is 0 Å². The average Bonchev–Trinajstić information content (AvgIpc) is 2.88. The van der Waals surface area contributed by atoms with E-state index in [9.17, 15) is 0 Å². The fourth-order valence-corrected chi connectivity index (χ4v) is 2.56. The summed E-state index contributed by atoms with van der Waals surface area (Å²) in [7, 11) is 1.69. The third-order valence-corrected chi connectivity index (χ3v) is 3.77. The van der Waals surface area contributed by atoms with Gasteiger partial charge >= 0.3 is 0 Å². The number of benzene rings is 2. The highest BCUT2D eigenvalue weighted by Crippen LogP contribution is 2.21. The lowest BCUT2D eigenvalue weighted by Crippen LogP contribution is -1.99. The van der Waals surface area contributed by atoms with Gasteiger partial charge in [-0.2, -0.15) is 0 Å². The van der Waals surface area contributed by atoms with Gasteiger partial charge in [-0.05, 0) is 47.7 Å². The Kier molecular flexibility index (Phi) is 3.66. The normalized spacial score (nSPS) is 10.9. The van der Waals surface area contributed by atoms with E-state index >= 15 is 0 Å². The molecule has 1 heterocycles. The highest BCUT2D eigenvalue weighted by Gasteiger charge is 2.02. The zero-order valence-corrected chi connectivity index (χ0v) is 12.1. The number of hydrogen-bond donors (Lipinski definition) is 0. The molecule has 20 heavy (non-hydrogen) atoms. The second-order valence-electron chi connectivity index (χ2n) is 4.81. The Morgan fingerprint density at radius 2 is 1.85 bits per heavy atom. The summed E-state index contributed by atoms with van der Waals surface area (Å²) in [6.07, 6.45) is 3.10. The standard InChI is InChI=1S/C17H16ClNO/c1-20-16-6-2-13(3-7-16)8-10-19-11-9-14-4-5-15(18)12-17(14)19/h2-7,9,11-12H,8,10H2,1H3. The van der Waals surface area contributed by atoms with Crippen molar-refractivity contribution in [2.75, 3.05) is 7.11 Å². The highest BCUT2D eigenvalue weighted by molar-refractivity contribution is 6.31. The van der Waals surface area contributed by atoms with Gasteiger partial charge in [0.1, 0.15) is 5.75 Å². The molecule has 0 amide bonds. The summed E-state index contributed by atoms with van der Waals surface area (Å²) in [5, 5.41) is 2.01. The van der Waals surface area contributed by atoms with Crippen molar-refractivity contribution >= 4 is 22.5 Å². The van der Waals surface area contributed by atoms with Gasteiger partial charge in [0.15, 0.2) is 0 Å². The van der Waals surface area contributed by atoms with Crippen molar-refractivity contribution in [3.63, 3.8) is 0 Å². The quantitative estimate of drug-likeness (QED) is 0.686. The first kappa shape index (κ1) is 13.1. The number of aromatic nitrogens is 1. The van der Waals surface area contributed by atoms with Crippen molar-refractivity contribution in [2.45, 2.75) is 13.0 Å². The Bertz CT molecular complexity index is 715. The molecule has 102 valence electrons. The van der Waals surface area contributed by atoms with E-state index in [1.807, 2.05) is 24.3 Å². The number of rotatable bonds is 4. The molecule has 0 aliphatic heterocycles. The molecule has 0 fully saturated rings. The summed E-state index contributed by atoms with van der Waals surface area (Å²) in [4.78, 5) is 0. The number of nitrogens with zero attached hydrogens (tertiary/aromatic N) is 1. The van der Waals surface area contributed by atoms with Gasteiger partial charge in [0.25, 0.3) is 0 Å². The number of ether oxygens (including phenoxy) is 1. The Hall–Kier alpha value is -1.93. The molecule has 0 aliphatic rings. The molecule has 0 N–H and O–H groups in total. The summed E-state index contributed by atoms with van der Waals surface area (Å²) < 4.78 is 7.41. The zero-order valence-electron chi connectivity index (χ0n) is 11.3. The van der Waals surface area contributed by atoms with E-state index in [0.717, 1.165) is 23.7 Å². The molecule has 0 aliphatic carbocycles. The first-order valence-electron chi connectivity index (χ1n) is 6.63. The van der Waals surface area contributed by atoms with Crippen LogP contribution in [0.5, 0.6) is 5.75 Å². The number of methoxy groups -OCH3 is 1. The third-order valence-electron chi connectivity index (χ3n) is 3.54. The van der Waals surface area contributed by atoms with Crippen LogP contribution < -0.4 is 4.74 Å². The molecule has 2 nitrogen and oxygen atoms in total. The largest absolute Gasteiger partial charge is 0.497 e. The number of aryl methyl sites for hydroxylation is 2. The maximum Gasteiger partial charge on any atom is 0.118 e. The third kappa shape index (κ3) is 2.66. The van der Waals surface area contributed by atoms with Crippen LogP contribution in [0.25, 0.3) is 10.9 Å². The molecule has 0 saturated carbocycles. The molecule has 3 rings (SSSR count). The lowest BCUT2D eigenvalue weighted by atomic mass is 10.1. The summed E-state index contributed by atoms with van der Waals surface area (Å²) in [5.74, 6) is 0.895. The lowest BCUT2D eigenvalue weighted by Gasteiger charge is -2.07. The summed E-state index contributed by atoms with van der Waals surface area (Å²) >= 11 is 6.07. The maximum atomic E-state index is 6.07. The zero-order chi connectivity index (χ0) is 13.9. The minimum Gasteiger partial charge on any atom is -0.497 e. The van der Waals surface area contributed by atoms with Crippen LogP contribution in [0.4, 0.5) is 0 Å². The van der Waals surface area contributed by atoms with Crippen LogP contribution in [0.3, 0.4) is 0 Å². The summed E-state index contributed by atoms with van der Waals surface area (Å²) in [6.45, 7) is 0.941. The van der Waals surface area contributed by atoms with E-state index in [4.69, 9.17) is 16.3 Å². The average molecular weight is 286 g/mol. The molecular formula is C17H16ClNO. The van der Waals surface area contributed by atoms with Crippen molar-refractivity contribution in [2.24, 2.45) is 0 Å². The number of hydrogen-bond acceptors (Lipinski definition) is 1. The van der Waals surface area contributed by atoms with E-state index in [1.54, 1.807) is 7.11 Å². The first-order chi connectivity index (χ1) is 9.76. The Morgan fingerprint density at radius 3 is 2.60 bits per heavy atom. The molecule has 1 aromatic heterocycles. The van der Waals surface area contributed by atoms with Crippen LogP contribution in [-0.2, 0) is 13.0 Å². The fourth-order valence-electron chi connectivity index (χ4n) is 2.39. The topological polar surface area (TPSA) is 14.2 Å². The maximum absolute atomic E-state index is 6.07. The van der Waals surface area contributed by atoms with Gasteiger partial charge in [-0.25, -0.2) is 0 Å². The number of halogens is 1. The van der Waals surface area contributed by atoms with Gasteiger partial charge in [0.2, 0.25) is 0 Å². The van der Waals surface area contributed by atoms with Crippen LogP contribution in [0, 0.1) is 0 Å². The van der Waals surface area contributed by atoms with Crippen molar-refractivity contribution < 1.29 is 4.74 Å². The van der Waals surface area contributed by atoms with Crippen LogP contribution in [0.1, 0.15) is 5.56 Å². The SMILES string of the molecule is COc1ccc(CCn2ccc3ccc(Cl)cc32)cc1. The van der Waals surface area contributed by atoms with Gasteiger partial charge in [-0.1, -0.05) is 29.8 Å². The molecule has 0 unspecified atom stereocenters. The minimum absolute atomic E-state index is 0.780. The van der Waals surface area contributed by atoms with Gasteiger partial charge in [0.05, 0.1) is 7.11 Å². The summed E-state index contributed by atoms with van der Waals surface area (Å²) in [6, 6.07) is 16.3. The molecule has 2 aromatic carbocycles. The fraction of sp³-hybridized carbons (Fsp3) is 0.176. The second kappa shape index (κ2) is 5.59. The molecule has 0 radical (unpaired) electrons. The van der Waals surface area contributed by atoms with Crippen LogP contribution in [0.2, 0.25) is 5.02 Å². The lowest BCUT2D eigenvalue weighted by molar-refractivity contribution is 0.414. The van der Waals surface area contributed by atoms with Crippen LogP contribution >= 0.6 is 11.6 Å². The predicted molar refractivity (Wildman–Crippen MR) is 83.6 cm³/mol. The predicted octanol–water partition coefficient (Wildman–Crippen LogP) is 4.55. The second-order valence-corrected chi connectivity index (χ2v) is 5.25. The van der Waals surface area contributed by atoms with E-state index in [1.165, 1.54) is 16.5 Å². The number of fused-ring (bicyclic) bond motifs is 1. The Labute approximate surface area is 123 Å². The van der Waals surface area contributed by atoms with E-state index in [-0.39, 0.29) is 0 Å². The summed E-state index contributed by atoms with van der Waals surface area (Å²) in [5.41, 5.74) is 2.49. The van der Waals surface area contributed by atoms with Crippen molar-refractivity contribution in [3.05, 3.63) is 65.3 Å². The highest BCUT2D eigenvalue weighted by atomic mass is 35.5. The molecule has 0 saturated heterocycles. The van der Waals surface area contributed by atoms with E-state index < -0.39 is 0 Å². The van der Waals surface area contributed by atoms with Crippen LogP contribution in [-0.4, -0.2) is 11.7 Å². The minimum atomic E-state index is 0.780. The molecule has 0 atom stereocenters. The smallest absolute Gasteiger partial charge is 0.118 e. The Morgan fingerprint density at radius 1 is 1.05 bits per heavy atom. The molecule has 0 bridgehead atoms. The first-order valence-corrected chi connectivity index (χ1v) is 7.01. The van der Waals surface area contributed by atoms with Crippen molar-refractivity contribution in [1.29, 1.82) is 0 Å². The van der Waals surface area contributed by atoms with Gasteiger partial charge in [-0.3, -0.25) is 0 Å². The van der Waals surface area contributed by atoms with Gasteiger partial charge in [-0.15, -0.1) is 0 Å². The van der Waals surface area contributed by atoms with Gasteiger partial charge in [0, 0.05) is 23.3 Å². The Balaban J connectivity index is 1.77. The molecule has 3 heteroatoms. The molecular weight excluding hydrogens is 270 g/mol. The molecule has 3 aromatic rings. The van der Waals surface area contributed by atoms with Crippen molar-refractivity contribution in [3.8, 4) is 5.75 Å². The monoisotopic (exact) mass is 285 g/mol. The molecule has 0 spiro atoms.